The van der Waals surface area contributed by atoms with Crippen LogP contribution in [0.5, 0.6) is 0 Å². The molecule has 3 atom stereocenters. The second-order valence-electron chi connectivity index (χ2n) is 6.00. The fourth-order valence-electron chi connectivity index (χ4n) is 2.75. The minimum Gasteiger partial charge on any atom is -0.396 e. The Balaban J connectivity index is 2.55. The van der Waals surface area contributed by atoms with Crippen LogP contribution in [0.2, 0.25) is 0 Å². The van der Waals surface area contributed by atoms with Crippen molar-refractivity contribution in [2.45, 2.75) is 64.1 Å². The average Bonchev–Trinajstić information content (AvgIpc) is 2.36. The van der Waals surface area contributed by atoms with E-state index in [2.05, 4.69) is 26.1 Å². The van der Waals surface area contributed by atoms with Gasteiger partial charge in [-0.15, -0.1) is 0 Å². The Bertz CT molecular complexity index is 236. The summed E-state index contributed by atoms with van der Waals surface area (Å²) >= 11 is 0. The van der Waals surface area contributed by atoms with Crippen LogP contribution >= 0.6 is 0 Å². The molecule has 1 saturated heterocycles. The second kappa shape index (κ2) is 7.43. The van der Waals surface area contributed by atoms with E-state index in [1.807, 2.05) is 0 Å². The van der Waals surface area contributed by atoms with Crippen molar-refractivity contribution in [2.75, 3.05) is 19.8 Å². The molecule has 108 valence electrons. The lowest BCUT2D eigenvalue weighted by atomic mass is 9.82. The molecule has 18 heavy (non-hydrogen) atoms. The zero-order valence-corrected chi connectivity index (χ0v) is 12.1. The molecule has 1 aliphatic rings. The van der Waals surface area contributed by atoms with Gasteiger partial charge < -0.3 is 20.9 Å². The summed E-state index contributed by atoms with van der Waals surface area (Å²) in [7, 11) is 0. The number of nitrogens with two attached hydrogens (primary N) is 1. The van der Waals surface area contributed by atoms with Crippen LogP contribution in [0.15, 0.2) is 0 Å². The van der Waals surface area contributed by atoms with Gasteiger partial charge in [0.25, 0.3) is 0 Å². The van der Waals surface area contributed by atoms with Crippen molar-refractivity contribution in [1.29, 1.82) is 0 Å². The number of aliphatic hydroxyl groups excluding tert-OH is 1. The monoisotopic (exact) mass is 258 g/mol. The van der Waals surface area contributed by atoms with Crippen LogP contribution in [0.25, 0.3) is 0 Å². The fraction of sp³-hybridized carbons (Fsp3) is 1.00. The van der Waals surface area contributed by atoms with Gasteiger partial charge in [0, 0.05) is 31.3 Å². The molecule has 4 heteroatoms. The second-order valence-corrected chi connectivity index (χ2v) is 6.00. The molecule has 0 amide bonds. The van der Waals surface area contributed by atoms with Crippen LogP contribution in [0, 0.1) is 5.92 Å². The largest absolute Gasteiger partial charge is 0.396 e. The van der Waals surface area contributed by atoms with E-state index in [1.54, 1.807) is 0 Å². The summed E-state index contributed by atoms with van der Waals surface area (Å²) in [5, 5.41) is 12.6. The van der Waals surface area contributed by atoms with Crippen molar-refractivity contribution < 1.29 is 9.84 Å². The predicted octanol–water partition coefficient (Wildman–Crippen LogP) is 1.27. The van der Waals surface area contributed by atoms with Gasteiger partial charge >= 0.3 is 0 Å². The Morgan fingerprint density at radius 2 is 2.17 bits per heavy atom. The van der Waals surface area contributed by atoms with Crippen LogP contribution in [-0.2, 0) is 4.74 Å². The lowest BCUT2D eigenvalue weighted by Gasteiger charge is -2.44. The smallest absolute Gasteiger partial charge is 0.0616 e. The molecule has 0 aliphatic carbocycles. The third-order valence-corrected chi connectivity index (χ3v) is 3.99. The lowest BCUT2D eigenvalue weighted by Crippen LogP contribution is -2.59. The predicted molar refractivity (Wildman–Crippen MR) is 74.5 cm³/mol. The molecule has 3 unspecified atom stereocenters. The fourth-order valence-corrected chi connectivity index (χ4v) is 2.75. The van der Waals surface area contributed by atoms with E-state index in [4.69, 9.17) is 15.6 Å². The van der Waals surface area contributed by atoms with Gasteiger partial charge in [0.1, 0.15) is 0 Å². The third kappa shape index (κ3) is 4.50. The molecular weight excluding hydrogens is 228 g/mol. The van der Waals surface area contributed by atoms with Crippen LogP contribution < -0.4 is 11.1 Å². The van der Waals surface area contributed by atoms with Crippen molar-refractivity contribution in [1.82, 2.24) is 5.32 Å². The van der Waals surface area contributed by atoms with E-state index in [0.29, 0.717) is 24.6 Å². The van der Waals surface area contributed by atoms with Crippen molar-refractivity contribution in [3.05, 3.63) is 0 Å². The first-order chi connectivity index (χ1) is 8.53. The van der Waals surface area contributed by atoms with E-state index in [0.717, 1.165) is 32.3 Å². The number of nitrogens with one attached hydrogen (secondary N) is 1. The molecule has 0 aromatic carbocycles. The molecule has 0 radical (unpaired) electrons. The molecule has 0 saturated carbocycles. The Kier molecular flexibility index (Phi) is 6.57. The number of hydrogen-bond acceptors (Lipinski definition) is 4. The van der Waals surface area contributed by atoms with Gasteiger partial charge in [0.2, 0.25) is 0 Å². The van der Waals surface area contributed by atoms with Gasteiger partial charge in [0.05, 0.1) is 6.10 Å². The maximum atomic E-state index is 8.88. The summed E-state index contributed by atoms with van der Waals surface area (Å²) in [6, 6.07) is 0.395. The third-order valence-electron chi connectivity index (χ3n) is 3.99. The lowest BCUT2D eigenvalue weighted by molar-refractivity contribution is -0.0517. The molecular formula is C14H30N2O2. The van der Waals surface area contributed by atoms with E-state index >= 15 is 0 Å². The molecule has 1 fully saturated rings. The summed E-state index contributed by atoms with van der Waals surface area (Å²) in [6.45, 7) is 8.29. The Morgan fingerprint density at radius 1 is 1.44 bits per heavy atom. The Labute approximate surface area is 111 Å². The molecule has 0 spiro atoms. The molecule has 4 N–H and O–H groups in total. The zero-order chi connectivity index (χ0) is 13.6. The molecule has 0 aromatic heterocycles. The first-order valence-electron chi connectivity index (χ1n) is 7.23. The molecule has 1 heterocycles. The normalized spacial score (nSPS) is 30.7. The SMILES string of the molecule is CC(CCCO)NC1(CN)CCOC(C(C)C)C1. The molecule has 4 nitrogen and oxygen atoms in total. The molecule has 0 aromatic rings. The van der Waals surface area contributed by atoms with Gasteiger partial charge in [-0.2, -0.15) is 0 Å². The molecule has 1 aliphatic heterocycles. The summed E-state index contributed by atoms with van der Waals surface area (Å²) < 4.78 is 5.82. The minimum atomic E-state index is 0.0159. The van der Waals surface area contributed by atoms with Crippen molar-refractivity contribution in [3.8, 4) is 0 Å². The first-order valence-corrected chi connectivity index (χ1v) is 7.23. The zero-order valence-electron chi connectivity index (χ0n) is 12.1. The van der Waals surface area contributed by atoms with Crippen LogP contribution in [0.4, 0.5) is 0 Å². The highest BCUT2D eigenvalue weighted by molar-refractivity contribution is 4.96. The van der Waals surface area contributed by atoms with Crippen molar-refractivity contribution in [2.24, 2.45) is 11.7 Å². The van der Waals surface area contributed by atoms with Gasteiger partial charge in [-0.3, -0.25) is 0 Å². The first kappa shape index (κ1) is 15.9. The Hall–Kier alpha value is -0.160. The van der Waals surface area contributed by atoms with E-state index < -0.39 is 0 Å². The maximum Gasteiger partial charge on any atom is 0.0616 e. The highest BCUT2D eigenvalue weighted by atomic mass is 16.5. The van der Waals surface area contributed by atoms with E-state index in [1.165, 1.54) is 0 Å². The maximum absolute atomic E-state index is 8.88. The van der Waals surface area contributed by atoms with Gasteiger partial charge in [0.15, 0.2) is 0 Å². The van der Waals surface area contributed by atoms with Crippen molar-refractivity contribution >= 4 is 0 Å². The highest BCUT2D eigenvalue weighted by Crippen LogP contribution is 2.28. The molecule has 1 rings (SSSR count). The summed E-state index contributed by atoms with van der Waals surface area (Å²) in [6.07, 6.45) is 4.12. The van der Waals surface area contributed by atoms with Crippen LogP contribution in [0.3, 0.4) is 0 Å². The van der Waals surface area contributed by atoms with Crippen LogP contribution in [-0.4, -0.2) is 42.5 Å². The highest BCUT2D eigenvalue weighted by Gasteiger charge is 2.37. The van der Waals surface area contributed by atoms with E-state index in [-0.39, 0.29) is 12.1 Å². The number of rotatable bonds is 7. The molecule has 0 bridgehead atoms. The van der Waals surface area contributed by atoms with Gasteiger partial charge in [-0.25, -0.2) is 0 Å². The Morgan fingerprint density at radius 3 is 2.72 bits per heavy atom. The number of aliphatic hydroxyl groups is 1. The quantitative estimate of drug-likeness (QED) is 0.643. The van der Waals surface area contributed by atoms with Gasteiger partial charge in [-0.1, -0.05) is 13.8 Å². The van der Waals surface area contributed by atoms with Crippen LogP contribution in [0.1, 0.15) is 46.5 Å². The van der Waals surface area contributed by atoms with Crippen molar-refractivity contribution in [3.63, 3.8) is 0 Å². The van der Waals surface area contributed by atoms with Gasteiger partial charge in [-0.05, 0) is 38.5 Å². The standard InChI is InChI=1S/C14H30N2O2/c1-11(2)13-9-14(10-15,6-8-18-13)16-12(3)5-4-7-17/h11-13,16-17H,4-10,15H2,1-3H3. The van der Waals surface area contributed by atoms with E-state index in [9.17, 15) is 0 Å². The summed E-state index contributed by atoms with van der Waals surface area (Å²) in [4.78, 5) is 0. The topological polar surface area (TPSA) is 67.5 Å². The average molecular weight is 258 g/mol. The number of hydrogen-bond donors (Lipinski definition) is 3. The number of ether oxygens (including phenoxy) is 1. The summed E-state index contributed by atoms with van der Waals surface area (Å²) in [5.41, 5.74) is 6.03. The summed E-state index contributed by atoms with van der Waals surface area (Å²) in [5.74, 6) is 0.533. The minimum absolute atomic E-state index is 0.0159.